The van der Waals surface area contributed by atoms with E-state index in [0.717, 1.165) is 25.1 Å². The Morgan fingerprint density at radius 2 is 2.50 bits per heavy atom. The van der Waals surface area contributed by atoms with Crippen molar-refractivity contribution >= 4 is 11.4 Å². The molecule has 10 heavy (non-hydrogen) atoms. The van der Waals surface area contributed by atoms with E-state index >= 15 is 0 Å². The van der Waals surface area contributed by atoms with E-state index in [0.29, 0.717) is 5.71 Å². The summed E-state index contributed by atoms with van der Waals surface area (Å²) in [6, 6.07) is 0. The highest BCUT2D eigenvalue weighted by Crippen LogP contribution is 2.03. The van der Waals surface area contributed by atoms with E-state index < -0.39 is 0 Å². The highest BCUT2D eigenvalue weighted by molar-refractivity contribution is 6.46. The summed E-state index contributed by atoms with van der Waals surface area (Å²) in [6.07, 6.45) is 5.87. The van der Waals surface area contributed by atoms with Crippen molar-refractivity contribution in [2.24, 2.45) is 4.99 Å². The van der Waals surface area contributed by atoms with Crippen molar-refractivity contribution in [1.29, 1.82) is 5.41 Å². The van der Waals surface area contributed by atoms with Gasteiger partial charge < -0.3 is 5.41 Å². The van der Waals surface area contributed by atoms with Gasteiger partial charge in [0.25, 0.3) is 0 Å². The zero-order valence-corrected chi connectivity index (χ0v) is 6.22. The van der Waals surface area contributed by atoms with Crippen LogP contribution in [0.25, 0.3) is 0 Å². The van der Waals surface area contributed by atoms with Gasteiger partial charge in [-0.3, -0.25) is 4.99 Å². The van der Waals surface area contributed by atoms with E-state index in [2.05, 4.69) is 11.1 Å². The molecule has 0 saturated heterocycles. The monoisotopic (exact) mass is 136 g/mol. The first-order valence-corrected chi connectivity index (χ1v) is 3.63. The Bertz CT molecular complexity index is 189. The zero-order chi connectivity index (χ0) is 7.40. The lowest BCUT2D eigenvalue weighted by Crippen LogP contribution is -2.13. The molecule has 0 bridgehead atoms. The number of aliphatic imine (C=N–C) groups is 1. The Balaban J connectivity index is 2.73. The van der Waals surface area contributed by atoms with Crippen molar-refractivity contribution in [3.05, 3.63) is 12.2 Å². The number of nitrogens with one attached hydrogen (secondary N) is 1. The summed E-state index contributed by atoms with van der Waals surface area (Å²) in [5, 5.41) is 7.47. The molecule has 1 aliphatic rings. The maximum absolute atomic E-state index is 7.47. The average Bonchev–Trinajstić information content (AvgIpc) is 1.94. The van der Waals surface area contributed by atoms with Gasteiger partial charge in [-0.1, -0.05) is 6.08 Å². The minimum absolute atomic E-state index is 0.685. The van der Waals surface area contributed by atoms with Gasteiger partial charge in [0.05, 0.1) is 11.4 Å². The molecule has 0 amide bonds. The molecule has 0 saturated carbocycles. The molecular formula is C8H12N2. The van der Waals surface area contributed by atoms with E-state index in [4.69, 9.17) is 5.41 Å². The quantitative estimate of drug-likeness (QED) is 0.571. The normalized spacial score (nSPS) is 22.1. The molecule has 0 aromatic heterocycles. The number of rotatable bonds is 1. The first-order valence-electron chi connectivity index (χ1n) is 3.63. The smallest absolute Gasteiger partial charge is 0.0778 e. The van der Waals surface area contributed by atoms with Crippen molar-refractivity contribution in [2.75, 3.05) is 6.54 Å². The van der Waals surface area contributed by atoms with Crippen LogP contribution in [-0.4, -0.2) is 18.0 Å². The van der Waals surface area contributed by atoms with Gasteiger partial charge in [0.15, 0.2) is 0 Å². The molecule has 0 fully saturated rings. The van der Waals surface area contributed by atoms with Crippen LogP contribution >= 0.6 is 0 Å². The molecule has 0 heterocycles. The molecule has 1 N–H and O–H groups in total. The first kappa shape index (κ1) is 7.19. The Morgan fingerprint density at radius 3 is 3.10 bits per heavy atom. The molecule has 0 radical (unpaired) electrons. The molecule has 2 nitrogen and oxygen atoms in total. The third-order valence-corrected chi connectivity index (χ3v) is 1.47. The highest BCUT2D eigenvalue weighted by atomic mass is 14.7. The summed E-state index contributed by atoms with van der Waals surface area (Å²) in [5.41, 5.74) is 1.55. The van der Waals surface area contributed by atoms with Crippen LogP contribution in [0, 0.1) is 5.41 Å². The maximum atomic E-state index is 7.47. The second-order valence-electron chi connectivity index (χ2n) is 2.28. The molecule has 1 rings (SSSR count). The van der Waals surface area contributed by atoms with Gasteiger partial charge in [0.1, 0.15) is 0 Å². The second kappa shape index (κ2) is 3.30. The predicted molar refractivity (Wildman–Crippen MR) is 44.1 cm³/mol. The largest absolute Gasteiger partial charge is 0.303 e. The average molecular weight is 136 g/mol. The molecule has 1 aliphatic carbocycles. The van der Waals surface area contributed by atoms with Crippen LogP contribution in [0.4, 0.5) is 0 Å². The topological polar surface area (TPSA) is 36.2 Å². The SMILES string of the molecule is CCN=C1C=CCCC1=N. The molecule has 0 aliphatic heterocycles. The fourth-order valence-corrected chi connectivity index (χ4v) is 0.970. The Labute approximate surface area is 61.2 Å². The lowest BCUT2D eigenvalue weighted by atomic mass is 10.0. The molecule has 0 unspecified atom stereocenters. The first-order chi connectivity index (χ1) is 4.84. The number of hydrogen-bond acceptors (Lipinski definition) is 2. The van der Waals surface area contributed by atoms with Crippen LogP contribution in [0.5, 0.6) is 0 Å². The molecule has 0 atom stereocenters. The minimum Gasteiger partial charge on any atom is -0.303 e. The van der Waals surface area contributed by atoms with Gasteiger partial charge in [-0.2, -0.15) is 0 Å². The van der Waals surface area contributed by atoms with Gasteiger partial charge in [0.2, 0.25) is 0 Å². The Kier molecular flexibility index (Phi) is 2.37. The van der Waals surface area contributed by atoms with Crippen molar-refractivity contribution < 1.29 is 0 Å². The van der Waals surface area contributed by atoms with Crippen LogP contribution in [0.1, 0.15) is 19.8 Å². The molecule has 54 valence electrons. The van der Waals surface area contributed by atoms with Gasteiger partial charge in [-0.05, 0) is 25.8 Å². The lowest BCUT2D eigenvalue weighted by Gasteiger charge is -2.06. The Hall–Kier alpha value is -0.920. The van der Waals surface area contributed by atoms with Crippen molar-refractivity contribution in [3.63, 3.8) is 0 Å². The maximum Gasteiger partial charge on any atom is 0.0778 e. The van der Waals surface area contributed by atoms with E-state index in [1.54, 1.807) is 0 Å². The zero-order valence-electron chi connectivity index (χ0n) is 6.22. The van der Waals surface area contributed by atoms with Gasteiger partial charge in [-0.15, -0.1) is 0 Å². The van der Waals surface area contributed by atoms with Crippen LogP contribution in [-0.2, 0) is 0 Å². The third-order valence-electron chi connectivity index (χ3n) is 1.47. The van der Waals surface area contributed by atoms with Gasteiger partial charge >= 0.3 is 0 Å². The lowest BCUT2D eigenvalue weighted by molar-refractivity contribution is 1.07. The molecule has 0 aromatic rings. The minimum atomic E-state index is 0.685. The fraction of sp³-hybridized carbons (Fsp3) is 0.500. The summed E-state index contributed by atoms with van der Waals surface area (Å²) in [4.78, 5) is 4.17. The summed E-state index contributed by atoms with van der Waals surface area (Å²) in [6.45, 7) is 2.77. The van der Waals surface area contributed by atoms with Crippen molar-refractivity contribution in [1.82, 2.24) is 0 Å². The molecule has 0 aromatic carbocycles. The van der Waals surface area contributed by atoms with Crippen LogP contribution in [0.2, 0.25) is 0 Å². The Morgan fingerprint density at radius 1 is 1.70 bits per heavy atom. The third kappa shape index (κ3) is 1.53. The molecule has 0 spiro atoms. The number of nitrogens with zero attached hydrogens (tertiary/aromatic N) is 1. The van der Waals surface area contributed by atoms with E-state index in [1.165, 1.54) is 0 Å². The number of allylic oxidation sites excluding steroid dienone is 2. The molecule has 2 heteroatoms. The predicted octanol–water partition coefficient (Wildman–Crippen LogP) is 1.82. The van der Waals surface area contributed by atoms with E-state index in [1.807, 2.05) is 13.0 Å². The summed E-state index contributed by atoms with van der Waals surface area (Å²) < 4.78 is 0. The van der Waals surface area contributed by atoms with Crippen LogP contribution in [0.3, 0.4) is 0 Å². The van der Waals surface area contributed by atoms with Crippen molar-refractivity contribution in [2.45, 2.75) is 19.8 Å². The van der Waals surface area contributed by atoms with E-state index in [9.17, 15) is 0 Å². The fourth-order valence-electron chi connectivity index (χ4n) is 0.970. The summed E-state index contributed by atoms with van der Waals surface area (Å²) in [7, 11) is 0. The molecular weight excluding hydrogens is 124 g/mol. The van der Waals surface area contributed by atoms with Gasteiger partial charge in [0, 0.05) is 6.54 Å². The number of hydrogen-bond donors (Lipinski definition) is 1. The van der Waals surface area contributed by atoms with Crippen LogP contribution in [0.15, 0.2) is 17.1 Å². The summed E-state index contributed by atoms with van der Waals surface area (Å²) >= 11 is 0. The summed E-state index contributed by atoms with van der Waals surface area (Å²) in [5.74, 6) is 0. The second-order valence-corrected chi connectivity index (χ2v) is 2.28. The van der Waals surface area contributed by atoms with Crippen molar-refractivity contribution in [3.8, 4) is 0 Å². The standard InChI is InChI=1S/C8H12N2/c1-2-10-8-6-4-3-5-7(8)9/h4,6,9H,2-3,5H2,1H3. The van der Waals surface area contributed by atoms with E-state index in [-0.39, 0.29) is 0 Å². The van der Waals surface area contributed by atoms with Gasteiger partial charge in [-0.25, -0.2) is 0 Å². The van der Waals surface area contributed by atoms with Crippen LogP contribution < -0.4 is 0 Å². The highest BCUT2D eigenvalue weighted by Gasteiger charge is 2.05.